The van der Waals surface area contributed by atoms with Crippen molar-refractivity contribution in [2.45, 2.75) is 168 Å². The minimum atomic E-state index is -2.50. The predicted molar refractivity (Wildman–Crippen MR) is 196 cm³/mol. The van der Waals surface area contributed by atoms with Crippen LogP contribution in [-0.2, 0) is 70.0 Å². The molecule has 2 aliphatic heterocycles. The molecule has 2 fully saturated rings. The molecule has 296 valence electrons. The van der Waals surface area contributed by atoms with Crippen molar-refractivity contribution in [3.05, 3.63) is 0 Å². The summed E-state index contributed by atoms with van der Waals surface area (Å²) in [6.45, 7) is 28.7. The van der Waals surface area contributed by atoms with Crippen molar-refractivity contribution in [2.24, 2.45) is 0 Å². The predicted octanol–water partition coefficient (Wildman–Crippen LogP) is 4.32. The lowest BCUT2D eigenvalue weighted by Crippen LogP contribution is -2.69. The number of ether oxygens (including phenoxy) is 7. The second-order valence-electron chi connectivity index (χ2n) is 16.8. The smallest absolute Gasteiger partial charge is 0.305 e. The van der Waals surface area contributed by atoms with Gasteiger partial charge in [0, 0.05) is 27.7 Å². The largest absolute Gasteiger partial charge is 0.463 e. The molecule has 0 radical (unpaired) electrons. The Balaban J connectivity index is 2.85. The van der Waals surface area contributed by atoms with Crippen LogP contribution >= 0.6 is 0 Å². The fraction of sp³-hybridized carbons (Fsp3) is 0.875. The lowest BCUT2D eigenvalue weighted by atomic mass is 9.96. The summed E-state index contributed by atoms with van der Waals surface area (Å²) in [6.07, 6.45) is -10.3. The summed E-state index contributed by atoms with van der Waals surface area (Å²) in [5, 5.41) is 0. The van der Waals surface area contributed by atoms with E-state index < -0.39 is 119 Å². The molecular weight excluding hydrogens is 737 g/mol. The van der Waals surface area contributed by atoms with E-state index in [9.17, 15) is 19.2 Å². The molecule has 2 saturated heterocycles. The molecule has 2 aliphatic rings. The van der Waals surface area contributed by atoms with Crippen LogP contribution in [0, 0.1) is 0 Å². The highest BCUT2D eigenvalue weighted by molar-refractivity contribution is 6.71. The van der Waals surface area contributed by atoms with Crippen LogP contribution < -0.4 is 0 Å². The Bertz CT molecular complexity index is 1190. The Labute approximate surface area is 307 Å². The molecule has 0 aromatic heterocycles. The van der Waals surface area contributed by atoms with E-state index in [1.165, 1.54) is 27.7 Å². The number of carbonyl (C=O) groups is 4. The SMILES string of the molecule is CC(=O)OCC1OC(OC(C)=O)[C@@H](OC(C)=O)C(O[Si](C)(C)C)[C@@H]1O[C@@H]1OC(COC(C)=O)[C@H](O[Si](C)(C)C)C(O[Si](C)(C)C)[C@@H]1O[Si](C)(C)C. The molecule has 0 aromatic carbocycles. The summed E-state index contributed by atoms with van der Waals surface area (Å²) in [4.78, 5) is 48.9. The maximum absolute atomic E-state index is 12.5. The van der Waals surface area contributed by atoms with Crippen LogP contribution in [-0.4, -0.2) is 132 Å². The first-order chi connectivity index (χ1) is 23.0. The van der Waals surface area contributed by atoms with Crippen LogP contribution in [0.15, 0.2) is 0 Å². The summed E-state index contributed by atoms with van der Waals surface area (Å²) in [5.74, 6) is -2.46. The lowest BCUT2D eigenvalue weighted by molar-refractivity contribution is -0.350. The monoisotopic (exact) mass is 798 g/mol. The Morgan fingerprint density at radius 1 is 0.431 bits per heavy atom. The van der Waals surface area contributed by atoms with Crippen molar-refractivity contribution in [1.29, 1.82) is 0 Å². The molecular formula is C32H62O15Si4. The standard InChI is InChI=1S/C32H62O15Si4/c1-19(33)37-17-23-25(27(45-49(8,9)10)29(39-21(3)35)31(41-23)40-22(4)36)43-32-30(47-51(14,15)16)28(46-50(11,12)13)26(44-48(5,6)7)24(42-32)18-38-20(2)34/h23-32H,17-18H2,1-16H3/t23?,24?,25-,26+,27?,28?,29+,30+,31?,32+/m1/s1. The first-order valence-electron chi connectivity index (χ1n) is 17.3. The van der Waals surface area contributed by atoms with E-state index in [4.69, 9.17) is 50.9 Å². The topological polar surface area (TPSA) is 170 Å². The molecule has 15 nitrogen and oxygen atoms in total. The molecule has 0 amide bonds. The Morgan fingerprint density at radius 2 is 0.784 bits per heavy atom. The first-order valence-corrected chi connectivity index (χ1v) is 31.0. The molecule has 0 aliphatic carbocycles. The average molecular weight is 799 g/mol. The quantitative estimate of drug-likeness (QED) is 0.123. The minimum Gasteiger partial charge on any atom is -0.463 e. The van der Waals surface area contributed by atoms with Crippen molar-refractivity contribution in [3.63, 3.8) is 0 Å². The van der Waals surface area contributed by atoms with Crippen molar-refractivity contribution >= 4 is 57.1 Å². The molecule has 2 rings (SSSR count). The van der Waals surface area contributed by atoms with E-state index in [1.54, 1.807) is 0 Å². The summed E-state index contributed by atoms with van der Waals surface area (Å²) in [6, 6.07) is 0. The van der Waals surface area contributed by atoms with Gasteiger partial charge in [0.15, 0.2) is 45.7 Å². The van der Waals surface area contributed by atoms with Gasteiger partial charge < -0.3 is 50.9 Å². The van der Waals surface area contributed by atoms with Crippen LogP contribution in [0.1, 0.15) is 27.7 Å². The Kier molecular flexibility index (Phi) is 16.3. The van der Waals surface area contributed by atoms with E-state index >= 15 is 0 Å². The zero-order valence-electron chi connectivity index (χ0n) is 33.3. The highest BCUT2D eigenvalue weighted by atomic mass is 28.4. The Morgan fingerprint density at radius 3 is 1.18 bits per heavy atom. The van der Waals surface area contributed by atoms with Crippen molar-refractivity contribution in [1.82, 2.24) is 0 Å². The summed E-state index contributed by atoms with van der Waals surface area (Å²) in [7, 11) is -9.49. The first kappa shape index (κ1) is 45.6. The zero-order valence-corrected chi connectivity index (χ0v) is 37.3. The maximum atomic E-state index is 12.5. The van der Waals surface area contributed by atoms with Gasteiger partial charge in [-0.3, -0.25) is 19.2 Å². The van der Waals surface area contributed by atoms with Gasteiger partial charge >= 0.3 is 23.9 Å². The molecule has 51 heavy (non-hydrogen) atoms. The highest BCUT2D eigenvalue weighted by Gasteiger charge is 2.57. The normalized spacial score (nSPS) is 30.7. The molecule has 5 unspecified atom stereocenters. The van der Waals surface area contributed by atoms with Crippen LogP contribution in [0.5, 0.6) is 0 Å². The molecule has 0 bridgehead atoms. The molecule has 0 spiro atoms. The van der Waals surface area contributed by atoms with Gasteiger partial charge in [0.1, 0.15) is 55.9 Å². The number of hydrogen-bond donors (Lipinski definition) is 0. The second-order valence-corrected chi connectivity index (χ2v) is 34.6. The summed E-state index contributed by atoms with van der Waals surface area (Å²) < 4.78 is 69.0. The second kappa shape index (κ2) is 18.2. The third-order valence-corrected chi connectivity index (χ3v) is 10.8. The van der Waals surface area contributed by atoms with Gasteiger partial charge in [0.2, 0.25) is 6.29 Å². The van der Waals surface area contributed by atoms with Gasteiger partial charge in [-0.2, -0.15) is 0 Å². The summed E-state index contributed by atoms with van der Waals surface area (Å²) in [5.41, 5.74) is 0. The maximum Gasteiger partial charge on any atom is 0.305 e. The van der Waals surface area contributed by atoms with Gasteiger partial charge in [-0.1, -0.05) is 0 Å². The third kappa shape index (κ3) is 16.2. The zero-order chi connectivity index (χ0) is 39.3. The van der Waals surface area contributed by atoms with E-state index in [0.29, 0.717) is 0 Å². The Hall–Kier alpha value is -1.53. The van der Waals surface area contributed by atoms with Crippen LogP contribution in [0.3, 0.4) is 0 Å². The van der Waals surface area contributed by atoms with Crippen molar-refractivity contribution in [2.75, 3.05) is 13.2 Å². The van der Waals surface area contributed by atoms with E-state index in [2.05, 4.69) is 19.6 Å². The molecule has 10 atom stereocenters. The molecule has 19 heteroatoms. The number of carbonyl (C=O) groups excluding carboxylic acids is 4. The number of hydrogen-bond acceptors (Lipinski definition) is 15. The molecule has 2 heterocycles. The van der Waals surface area contributed by atoms with Crippen LogP contribution in [0.4, 0.5) is 0 Å². The minimum absolute atomic E-state index is 0.160. The van der Waals surface area contributed by atoms with Gasteiger partial charge in [0.05, 0.1) is 0 Å². The van der Waals surface area contributed by atoms with Gasteiger partial charge in [-0.05, 0) is 78.6 Å². The van der Waals surface area contributed by atoms with Crippen LogP contribution in [0.25, 0.3) is 0 Å². The van der Waals surface area contributed by atoms with E-state index in [-0.39, 0.29) is 13.2 Å². The van der Waals surface area contributed by atoms with Crippen molar-refractivity contribution < 1.29 is 70.0 Å². The van der Waals surface area contributed by atoms with E-state index in [0.717, 1.165) is 0 Å². The average Bonchev–Trinajstić information content (AvgIpc) is 2.89. The summed E-state index contributed by atoms with van der Waals surface area (Å²) >= 11 is 0. The van der Waals surface area contributed by atoms with Gasteiger partial charge in [0.25, 0.3) is 0 Å². The lowest BCUT2D eigenvalue weighted by Gasteiger charge is -2.52. The fourth-order valence-electron chi connectivity index (χ4n) is 5.60. The van der Waals surface area contributed by atoms with Gasteiger partial charge in [-0.15, -0.1) is 0 Å². The van der Waals surface area contributed by atoms with Crippen LogP contribution in [0.2, 0.25) is 78.6 Å². The number of esters is 4. The third-order valence-electron chi connectivity index (χ3n) is 6.92. The van der Waals surface area contributed by atoms with E-state index in [1.807, 2.05) is 58.9 Å². The van der Waals surface area contributed by atoms with Gasteiger partial charge in [-0.25, -0.2) is 0 Å². The van der Waals surface area contributed by atoms with Crippen molar-refractivity contribution in [3.8, 4) is 0 Å². The molecule has 0 saturated carbocycles. The molecule has 0 aromatic rings. The fourth-order valence-corrected chi connectivity index (χ4v) is 9.93. The highest BCUT2D eigenvalue weighted by Crippen LogP contribution is 2.38. The number of rotatable bonds is 16. The molecule has 0 N–H and O–H groups in total.